The van der Waals surface area contributed by atoms with Crippen molar-refractivity contribution in [1.29, 1.82) is 0 Å². The minimum atomic E-state index is -0.224. The molecular weight excluding hydrogens is 329 g/mol. The molecule has 1 heterocycles. The Balaban J connectivity index is 1.84. The molecule has 7 heteroatoms. The van der Waals surface area contributed by atoms with Crippen LogP contribution in [0.15, 0.2) is 18.2 Å². The predicted octanol–water partition coefficient (Wildman–Crippen LogP) is 2.64. The van der Waals surface area contributed by atoms with Crippen LogP contribution in [0, 0.1) is 0 Å². The van der Waals surface area contributed by atoms with Crippen LogP contribution in [0.25, 0.3) is 0 Å². The Morgan fingerprint density at radius 2 is 2.14 bits per heavy atom. The van der Waals surface area contributed by atoms with Gasteiger partial charge in [-0.25, -0.2) is 0 Å². The Kier molecular flexibility index (Phi) is 6.76. The largest absolute Gasteiger partial charge is 0.488 e. The Bertz CT molecular complexity index is 492. The van der Waals surface area contributed by atoms with E-state index in [0.29, 0.717) is 48.7 Å². The van der Waals surface area contributed by atoms with Crippen molar-refractivity contribution in [3.8, 4) is 5.75 Å². The summed E-state index contributed by atoms with van der Waals surface area (Å²) in [7, 11) is 0. The molecule has 0 amide bonds. The van der Waals surface area contributed by atoms with Crippen LogP contribution < -0.4 is 4.74 Å². The molecule has 1 aliphatic heterocycles. The standard InChI is InChI=1S/C15H19Cl2NO4/c1-2-20-14(19)9-18-6-7-21-11(8-18)10-22-15-12(16)4-3-5-13(15)17/h3-5,11H,2,6-10H2,1H3. The van der Waals surface area contributed by atoms with Crippen LogP contribution in [0.2, 0.25) is 10.0 Å². The lowest BCUT2D eigenvalue weighted by Gasteiger charge is -2.32. The Labute approximate surface area is 140 Å². The number of nitrogens with zero attached hydrogens (tertiary/aromatic N) is 1. The normalized spacial score (nSPS) is 19.0. The van der Waals surface area contributed by atoms with Crippen LogP contribution in [0.1, 0.15) is 6.92 Å². The molecule has 2 rings (SSSR count). The fourth-order valence-corrected chi connectivity index (χ4v) is 2.72. The van der Waals surface area contributed by atoms with Crippen molar-refractivity contribution in [2.75, 3.05) is 39.5 Å². The first kappa shape index (κ1) is 17.3. The van der Waals surface area contributed by atoms with Crippen LogP contribution >= 0.6 is 23.2 Å². The molecule has 1 aromatic rings. The molecule has 1 aliphatic rings. The highest BCUT2D eigenvalue weighted by Gasteiger charge is 2.23. The van der Waals surface area contributed by atoms with Gasteiger partial charge in [0.05, 0.1) is 29.8 Å². The molecule has 0 spiro atoms. The van der Waals surface area contributed by atoms with Gasteiger partial charge in [0.1, 0.15) is 12.7 Å². The summed E-state index contributed by atoms with van der Waals surface area (Å²) in [5, 5.41) is 0.929. The molecule has 0 bridgehead atoms. The van der Waals surface area contributed by atoms with Crippen LogP contribution in [0.4, 0.5) is 0 Å². The second kappa shape index (κ2) is 8.58. The van der Waals surface area contributed by atoms with E-state index < -0.39 is 0 Å². The quantitative estimate of drug-likeness (QED) is 0.740. The zero-order valence-corrected chi connectivity index (χ0v) is 13.9. The third kappa shape index (κ3) is 5.02. The number of rotatable bonds is 6. The molecule has 1 aromatic carbocycles. The lowest BCUT2D eigenvalue weighted by Crippen LogP contribution is -2.47. The molecule has 122 valence electrons. The first-order chi connectivity index (χ1) is 10.6. The Hall–Kier alpha value is -1.01. The molecule has 1 fully saturated rings. The number of carbonyl (C=O) groups is 1. The second-order valence-electron chi connectivity index (χ2n) is 4.89. The number of halogens is 2. The SMILES string of the molecule is CCOC(=O)CN1CCOC(COc2c(Cl)cccc2Cl)C1. The third-order valence-corrected chi connectivity index (χ3v) is 3.81. The van der Waals surface area contributed by atoms with E-state index in [1.807, 2.05) is 4.90 Å². The number of para-hydroxylation sites is 1. The Morgan fingerprint density at radius 3 is 2.82 bits per heavy atom. The van der Waals surface area contributed by atoms with Gasteiger partial charge in [-0.2, -0.15) is 0 Å². The highest BCUT2D eigenvalue weighted by molar-refractivity contribution is 6.37. The summed E-state index contributed by atoms with van der Waals surface area (Å²) in [6.45, 7) is 4.61. The maximum Gasteiger partial charge on any atom is 0.320 e. The van der Waals surface area contributed by atoms with Crippen LogP contribution in [0.3, 0.4) is 0 Å². The molecule has 5 nitrogen and oxygen atoms in total. The molecule has 0 aliphatic carbocycles. The summed E-state index contributed by atoms with van der Waals surface area (Å²) >= 11 is 12.1. The van der Waals surface area contributed by atoms with Gasteiger partial charge in [0.2, 0.25) is 0 Å². The first-order valence-electron chi connectivity index (χ1n) is 7.16. The molecule has 0 N–H and O–H groups in total. The maximum atomic E-state index is 11.5. The molecule has 0 radical (unpaired) electrons. The van der Waals surface area contributed by atoms with Crippen molar-refractivity contribution in [2.24, 2.45) is 0 Å². The zero-order chi connectivity index (χ0) is 15.9. The highest BCUT2D eigenvalue weighted by Crippen LogP contribution is 2.32. The summed E-state index contributed by atoms with van der Waals surface area (Å²) in [4.78, 5) is 13.5. The summed E-state index contributed by atoms with van der Waals surface area (Å²) in [5.74, 6) is 0.232. The molecule has 1 atom stereocenters. The number of hydrogen-bond donors (Lipinski definition) is 0. The summed E-state index contributed by atoms with van der Waals surface area (Å²) < 4.78 is 16.3. The number of ether oxygens (including phenoxy) is 3. The van der Waals surface area contributed by atoms with Gasteiger partial charge in [0.25, 0.3) is 0 Å². The molecule has 1 saturated heterocycles. The van der Waals surface area contributed by atoms with Crippen LogP contribution in [0.5, 0.6) is 5.75 Å². The van der Waals surface area contributed by atoms with E-state index in [1.165, 1.54) is 0 Å². The number of morpholine rings is 1. The second-order valence-corrected chi connectivity index (χ2v) is 5.71. The maximum absolute atomic E-state index is 11.5. The lowest BCUT2D eigenvalue weighted by molar-refractivity contribution is -0.146. The smallest absolute Gasteiger partial charge is 0.320 e. The van der Waals surface area contributed by atoms with E-state index >= 15 is 0 Å². The lowest BCUT2D eigenvalue weighted by atomic mass is 10.3. The van der Waals surface area contributed by atoms with E-state index in [-0.39, 0.29) is 18.6 Å². The minimum Gasteiger partial charge on any atom is -0.488 e. The molecule has 1 unspecified atom stereocenters. The summed E-state index contributed by atoms with van der Waals surface area (Å²) in [6.07, 6.45) is -0.143. The zero-order valence-electron chi connectivity index (χ0n) is 12.4. The van der Waals surface area contributed by atoms with Gasteiger partial charge in [-0.1, -0.05) is 29.3 Å². The van der Waals surface area contributed by atoms with Crippen molar-refractivity contribution in [2.45, 2.75) is 13.0 Å². The number of benzene rings is 1. The summed E-state index contributed by atoms with van der Waals surface area (Å²) in [5.41, 5.74) is 0. The fourth-order valence-electron chi connectivity index (χ4n) is 2.21. The Morgan fingerprint density at radius 1 is 1.41 bits per heavy atom. The monoisotopic (exact) mass is 347 g/mol. The highest BCUT2D eigenvalue weighted by atomic mass is 35.5. The van der Waals surface area contributed by atoms with Crippen LogP contribution in [-0.4, -0.2) is 56.4 Å². The first-order valence-corrected chi connectivity index (χ1v) is 7.92. The van der Waals surface area contributed by atoms with E-state index in [2.05, 4.69) is 0 Å². The van der Waals surface area contributed by atoms with Crippen LogP contribution in [-0.2, 0) is 14.3 Å². The number of carbonyl (C=O) groups excluding carboxylic acids is 1. The average molecular weight is 348 g/mol. The van der Waals surface area contributed by atoms with Crippen molar-refractivity contribution >= 4 is 29.2 Å². The summed E-state index contributed by atoms with van der Waals surface area (Å²) in [6, 6.07) is 5.20. The van der Waals surface area contributed by atoms with Gasteiger partial charge in [-0.05, 0) is 19.1 Å². The minimum absolute atomic E-state index is 0.143. The van der Waals surface area contributed by atoms with Gasteiger partial charge in [-0.15, -0.1) is 0 Å². The number of hydrogen-bond acceptors (Lipinski definition) is 5. The molecule has 0 saturated carbocycles. The van der Waals surface area contributed by atoms with Crippen molar-refractivity contribution in [3.63, 3.8) is 0 Å². The fraction of sp³-hybridized carbons (Fsp3) is 0.533. The van der Waals surface area contributed by atoms with Gasteiger partial charge in [0.15, 0.2) is 5.75 Å². The van der Waals surface area contributed by atoms with Gasteiger partial charge in [-0.3, -0.25) is 9.69 Å². The van der Waals surface area contributed by atoms with E-state index in [0.717, 1.165) is 0 Å². The van der Waals surface area contributed by atoms with E-state index in [4.69, 9.17) is 37.4 Å². The molecular formula is C15H19Cl2NO4. The third-order valence-electron chi connectivity index (χ3n) is 3.21. The molecule has 22 heavy (non-hydrogen) atoms. The van der Waals surface area contributed by atoms with Crippen molar-refractivity contribution in [3.05, 3.63) is 28.2 Å². The van der Waals surface area contributed by atoms with E-state index in [9.17, 15) is 4.79 Å². The van der Waals surface area contributed by atoms with E-state index in [1.54, 1.807) is 25.1 Å². The average Bonchev–Trinajstić information content (AvgIpc) is 2.47. The molecule has 0 aromatic heterocycles. The topological polar surface area (TPSA) is 48.0 Å². The van der Waals surface area contributed by atoms with Gasteiger partial charge < -0.3 is 14.2 Å². The van der Waals surface area contributed by atoms with Crippen molar-refractivity contribution in [1.82, 2.24) is 4.90 Å². The van der Waals surface area contributed by atoms with Gasteiger partial charge >= 0.3 is 5.97 Å². The predicted molar refractivity (Wildman–Crippen MR) is 84.8 cm³/mol. The number of esters is 1. The van der Waals surface area contributed by atoms with Crippen molar-refractivity contribution < 1.29 is 19.0 Å². The van der Waals surface area contributed by atoms with Gasteiger partial charge in [0, 0.05) is 13.1 Å².